The van der Waals surface area contributed by atoms with Crippen LogP contribution in [0.5, 0.6) is 0 Å². The number of hydrogen-bond donors (Lipinski definition) is 2. The molecule has 0 aliphatic carbocycles. The van der Waals surface area contributed by atoms with Gasteiger partial charge in [0.05, 0.1) is 0 Å². The highest BCUT2D eigenvalue weighted by Gasteiger charge is 2.08. The SMILES string of the molecule is C.CC(CCO)CCCCN1CCNCC1. The second kappa shape index (κ2) is 10.1. The van der Waals surface area contributed by atoms with Crippen molar-refractivity contribution in [2.45, 2.75) is 40.0 Å². The molecule has 1 heterocycles. The number of nitrogens with one attached hydrogen (secondary N) is 1. The standard InChI is InChI=1S/C12H26N2O.CH4/c1-12(5-11-15)4-2-3-8-14-9-6-13-7-10-14;/h12-13,15H,2-11H2,1H3;1H4. The number of hydrogen-bond acceptors (Lipinski definition) is 3. The maximum absolute atomic E-state index is 8.78. The summed E-state index contributed by atoms with van der Waals surface area (Å²) in [6, 6.07) is 0. The predicted molar refractivity (Wildman–Crippen MR) is 70.8 cm³/mol. The molecule has 1 fully saturated rings. The molecule has 1 saturated heterocycles. The number of rotatable bonds is 7. The van der Waals surface area contributed by atoms with Gasteiger partial charge in [-0.2, -0.15) is 0 Å². The van der Waals surface area contributed by atoms with Gasteiger partial charge in [-0.05, 0) is 25.3 Å². The van der Waals surface area contributed by atoms with E-state index in [0.717, 1.165) is 19.5 Å². The zero-order valence-corrected chi connectivity index (χ0v) is 10.0. The smallest absolute Gasteiger partial charge is 0.0433 e. The first-order valence-corrected chi connectivity index (χ1v) is 6.37. The lowest BCUT2D eigenvalue weighted by molar-refractivity contribution is 0.229. The van der Waals surface area contributed by atoms with Gasteiger partial charge in [0.15, 0.2) is 0 Å². The van der Waals surface area contributed by atoms with Crippen LogP contribution in [-0.2, 0) is 0 Å². The van der Waals surface area contributed by atoms with Crippen LogP contribution < -0.4 is 5.32 Å². The fourth-order valence-corrected chi connectivity index (χ4v) is 2.13. The summed E-state index contributed by atoms with van der Waals surface area (Å²) in [5, 5.41) is 12.2. The summed E-state index contributed by atoms with van der Waals surface area (Å²) >= 11 is 0. The van der Waals surface area contributed by atoms with Crippen LogP contribution in [0.25, 0.3) is 0 Å². The third-order valence-corrected chi connectivity index (χ3v) is 3.25. The molecular weight excluding hydrogens is 200 g/mol. The molecule has 3 heteroatoms. The van der Waals surface area contributed by atoms with E-state index < -0.39 is 0 Å². The van der Waals surface area contributed by atoms with Crippen molar-refractivity contribution in [1.29, 1.82) is 0 Å². The van der Waals surface area contributed by atoms with E-state index in [4.69, 9.17) is 5.11 Å². The van der Waals surface area contributed by atoms with Gasteiger partial charge in [-0.1, -0.05) is 27.2 Å². The highest BCUT2D eigenvalue weighted by Crippen LogP contribution is 2.11. The number of piperazine rings is 1. The average molecular weight is 230 g/mol. The Morgan fingerprint density at radius 3 is 2.50 bits per heavy atom. The van der Waals surface area contributed by atoms with Crippen LogP contribution >= 0.6 is 0 Å². The Morgan fingerprint density at radius 2 is 1.88 bits per heavy atom. The Kier molecular flexibility index (Phi) is 9.99. The Balaban J connectivity index is 0.00000225. The number of aliphatic hydroxyl groups excluding tert-OH is 1. The van der Waals surface area contributed by atoms with Crippen molar-refractivity contribution in [1.82, 2.24) is 10.2 Å². The third-order valence-electron chi connectivity index (χ3n) is 3.25. The van der Waals surface area contributed by atoms with Gasteiger partial charge in [0.1, 0.15) is 0 Å². The molecule has 2 N–H and O–H groups in total. The molecule has 0 spiro atoms. The zero-order chi connectivity index (χ0) is 10.9. The Hall–Kier alpha value is -0.120. The predicted octanol–water partition coefficient (Wildman–Crippen LogP) is 1.72. The monoisotopic (exact) mass is 230 g/mol. The van der Waals surface area contributed by atoms with E-state index in [1.807, 2.05) is 0 Å². The van der Waals surface area contributed by atoms with Gasteiger partial charge in [0, 0.05) is 32.8 Å². The van der Waals surface area contributed by atoms with Gasteiger partial charge in [-0.3, -0.25) is 0 Å². The molecule has 0 radical (unpaired) electrons. The van der Waals surface area contributed by atoms with Crippen molar-refractivity contribution in [3.05, 3.63) is 0 Å². The van der Waals surface area contributed by atoms with E-state index >= 15 is 0 Å². The molecule has 0 bridgehead atoms. The minimum atomic E-state index is 0. The van der Waals surface area contributed by atoms with E-state index in [9.17, 15) is 0 Å². The van der Waals surface area contributed by atoms with Crippen LogP contribution in [0.15, 0.2) is 0 Å². The van der Waals surface area contributed by atoms with Crippen molar-refractivity contribution in [3.63, 3.8) is 0 Å². The topological polar surface area (TPSA) is 35.5 Å². The second-order valence-corrected chi connectivity index (χ2v) is 4.70. The zero-order valence-electron chi connectivity index (χ0n) is 10.0. The van der Waals surface area contributed by atoms with Gasteiger partial charge in [-0.25, -0.2) is 0 Å². The van der Waals surface area contributed by atoms with Crippen LogP contribution in [0.1, 0.15) is 40.0 Å². The van der Waals surface area contributed by atoms with Gasteiger partial charge in [0.25, 0.3) is 0 Å². The number of nitrogens with zero attached hydrogens (tertiary/aromatic N) is 1. The average Bonchev–Trinajstić information content (AvgIpc) is 2.26. The van der Waals surface area contributed by atoms with E-state index in [0.29, 0.717) is 12.5 Å². The summed E-state index contributed by atoms with van der Waals surface area (Å²) < 4.78 is 0. The van der Waals surface area contributed by atoms with Gasteiger partial charge in [0.2, 0.25) is 0 Å². The van der Waals surface area contributed by atoms with Gasteiger partial charge < -0.3 is 15.3 Å². The first kappa shape index (κ1) is 15.9. The molecule has 0 aromatic rings. The summed E-state index contributed by atoms with van der Waals surface area (Å²) in [6.07, 6.45) is 4.86. The molecule has 0 aromatic heterocycles. The van der Waals surface area contributed by atoms with E-state index in [1.165, 1.54) is 38.9 Å². The molecule has 0 saturated carbocycles. The molecule has 1 rings (SSSR count). The molecular formula is C13H30N2O. The molecule has 0 aromatic carbocycles. The molecule has 1 atom stereocenters. The maximum atomic E-state index is 8.78. The lowest BCUT2D eigenvalue weighted by atomic mass is 10.0. The van der Waals surface area contributed by atoms with E-state index in [2.05, 4.69) is 17.1 Å². The largest absolute Gasteiger partial charge is 0.396 e. The highest BCUT2D eigenvalue weighted by atomic mass is 16.3. The highest BCUT2D eigenvalue weighted by molar-refractivity contribution is 4.67. The van der Waals surface area contributed by atoms with Crippen molar-refractivity contribution in [3.8, 4) is 0 Å². The molecule has 1 aliphatic heterocycles. The third kappa shape index (κ3) is 7.20. The lowest BCUT2D eigenvalue weighted by Crippen LogP contribution is -2.43. The fourth-order valence-electron chi connectivity index (χ4n) is 2.13. The first-order chi connectivity index (χ1) is 7.33. The van der Waals surface area contributed by atoms with Crippen molar-refractivity contribution >= 4 is 0 Å². The normalized spacial score (nSPS) is 19.1. The van der Waals surface area contributed by atoms with E-state index in [-0.39, 0.29) is 7.43 Å². The summed E-state index contributed by atoms with van der Waals surface area (Å²) in [6.45, 7) is 8.58. The van der Waals surface area contributed by atoms with Crippen LogP contribution in [0.2, 0.25) is 0 Å². The molecule has 1 aliphatic rings. The summed E-state index contributed by atoms with van der Waals surface area (Å²) in [5.41, 5.74) is 0. The fraction of sp³-hybridized carbons (Fsp3) is 1.00. The van der Waals surface area contributed by atoms with Crippen molar-refractivity contribution in [2.24, 2.45) is 5.92 Å². The van der Waals surface area contributed by atoms with Crippen LogP contribution in [-0.4, -0.2) is 49.3 Å². The maximum Gasteiger partial charge on any atom is 0.0433 e. The second-order valence-electron chi connectivity index (χ2n) is 4.70. The number of aliphatic hydroxyl groups is 1. The minimum absolute atomic E-state index is 0. The minimum Gasteiger partial charge on any atom is -0.396 e. The van der Waals surface area contributed by atoms with Crippen molar-refractivity contribution < 1.29 is 5.11 Å². The number of unbranched alkanes of at least 4 members (excludes halogenated alkanes) is 1. The van der Waals surface area contributed by atoms with Crippen LogP contribution in [0.4, 0.5) is 0 Å². The van der Waals surface area contributed by atoms with Gasteiger partial charge in [-0.15, -0.1) is 0 Å². The quantitative estimate of drug-likeness (QED) is 0.654. The first-order valence-electron chi connectivity index (χ1n) is 6.37. The molecule has 98 valence electrons. The van der Waals surface area contributed by atoms with Crippen LogP contribution in [0.3, 0.4) is 0 Å². The molecule has 3 nitrogen and oxygen atoms in total. The molecule has 0 amide bonds. The van der Waals surface area contributed by atoms with Crippen LogP contribution in [0, 0.1) is 5.92 Å². The summed E-state index contributed by atoms with van der Waals surface area (Å²) in [4.78, 5) is 2.55. The Morgan fingerprint density at radius 1 is 1.19 bits per heavy atom. The van der Waals surface area contributed by atoms with Gasteiger partial charge >= 0.3 is 0 Å². The van der Waals surface area contributed by atoms with Crippen molar-refractivity contribution in [2.75, 3.05) is 39.3 Å². The summed E-state index contributed by atoms with van der Waals surface area (Å²) in [7, 11) is 0. The Labute approximate surface area is 101 Å². The van der Waals surface area contributed by atoms with E-state index in [1.54, 1.807) is 0 Å². The lowest BCUT2D eigenvalue weighted by Gasteiger charge is -2.27. The molecule has 16 heavy (non-hydrogen) atoms. The Bertz CT molecular complexity index is 147. The summed E-state index contributed by atoms with van der Waals surface area (Å²) in [5.74, 6) is 0.693. The molecule has 1 unspecified atom stereocenters.